The number of fused-ring (bicyclic) bond motifs is 1. The lowest BCUT2D eigenvalue weighted by Gasteiger charge is -2.38. The average Bonchev–Trinajstić information content (AvgIpc) is 3.19. The van der Waals surface area contributed by atoms with Crippen LogP contribution in [0.5, 0.6) is 0 Å². The van der Waals surface area contributed by atoms with Gasteiger partial charge < -0.3 is 14.7 Å². The number of hydrogen-bond acceptors (Lipinski definition) is 3. The monoisotopic (exact) mass is 399 g/mol. The highest BCUT2D eigenvalue weighted by Crippen LogP contribution is 2.37. The normalized spacial score (nSPS) is 15.8. The summed E-state index contributed by atoms with van der Waals surface area (Å²) in [4.78, 5) is 32.4. The molecule has 5 nitrogen and oxygen atoms in total. The van der Waals surface area contributed by atoms with E-state index in [4.69, 9.17) is 0 Å². The maximum Gasteiger partial charge on any atom is 0.319 e. The Balaban J connectivity index is 1.85. The van der Waals surface area contributed by atoms with E-state index >= 15 is 0 Å². The fourth-order valence-electron chi connectivity index (χ4n) is 3.71. The summed E-state index contributed by atoms with van der Waals surface area (Å²) in [7, 11) is 3.47. The van der Waals surface area contributed by atoms with Gasteiger partial charge in [0.1, 0.15) is 6.54 Å². The molecule has 3 rings (SSSR count). The lowest BCUT2D eigenvalue weighted by molar-refractivity contribution is -0.134. The lowest BCUT2D eigenvalue weighted by atomic mass is 9.93. The molecule has 1 aliphatic rings. The van der Waals surface area contributed by atoms with Gasteiger partial charge in [-0.1, -0.05) is 43.7 Å². The van der Waals surface area contributed by atoms with Gasteiger partial charge in [-0.25, -0.2) is 4.79 Å². The van der Waals surface area contributed by atoms with Gasteiger partial charge >= 0.3 is 6.03 Å². The molecular formula is C22H29N3O2S. The molecule has 2 heterocycles. The average molecular weight is 400 g/mol. The van der Waals surface area contributed by atoms with Crippen molar-refractivity contribution in [3.63, 3.8) is 0 Å². The third kappa shape index (κ3) is 4.38. The van der Waals surface area contributed by atoms with E-state index in [1.807, 2.05) is 23.1 Å². The number of urea groups is 1. The summed E-state index contributed by atoms with van der Waals surface area (Å²) in [5, 5.41) is 2.11. The first kappa shape index (κ1) is 20.4. The number of amides is 3. The highest BCUT2D eigenvalue weighted by atomic mass is 32.1. The molecule has 3 amide bonds. The Labute approximate surface area is 171 Å². The minimum Gasteiger partial charge on any atom is -0.331 e. The quantitative estimate of drug-likeness (QED) is 0.737. The Morgan fingerprint density at radius 3 is 2.61 bits per heavy atom. The summed E-state index contributed by atoms with van der Waals surface area (Å²) in [5.74, 6) is 0.0111. The Morgan fingerprint density at radius 1 is 1.18 bits per heavy atom. The second kappa shape index (κ2) is 9.24. The van der Waals surface area contributed by atoms with E-state index in [-0.39, 0.29) is 24.5 Å². The van der Waals surface area contributed by atoms with Crippen molar-refractivity contribution in [2.45, 2.75) is 32.2 Å². The fraction of sp³-hybridized carbons (Fsp3) is 0.455. The molecule has 0 aliphatic carbocycles. The molecule has 1 aromatic carbocycles. The zero-order chi connectivity index (χ0) is 20.1. The molecule has 1 aromatic heterocycles. The van der Waals surface area contributed by atoms with Crippen LogP contribution in [-0.2, 0) is 11.2 Å². The molecule has 1 aliphatic heterocycles. The van der Waals surface area contributed by atoms with Crippen LogP contribution in [0.3, 0.4) is 0 Å². The van der Waals surface area contributed by atoms with Crippen molar-refractivity contribution in [3.8, 4) is 0 Å². The molecule has 6 heteroatoms. The van der Waals surface area contributed by atoms with Gasteiger partial charge in [0.05, 0.1) is 6.04 Å². The minimum absolute atomic E-state index is 0.0111. The van der Waals surface area contributed by atoms with Crippen molar-refractivity contribution in [2.75, 3.05) is 33.7 Å². The second-order valence-corrected chi connectivity index (χ2v) is 8.40. The number of carbonyl (C=O) groups is 2. The molecule has 0 radical (unpaired) electrons. The van der Waals surface area contributed by atoms with Gasteiger partial charge in [-0.15, -0.1) is 11.3 Å². The molecular weight excluding hydrogens is 370 g/mol. The summed E-state index contributed by atoms with van der Waals surface area (Å²) < 4.78 is 0. The first-order chi connectivity index (χ1) is 13.5. The van der Waals surface area contributed by atoms with Gasteiger partial charge in [0, 0.05) is 32.1 Å². The van der Waals surface area contributed by atoms with E-state index in [1.165, 1.54) is 10.4 Å². The minimum atomic E-state index is -0.105. The van der Waals surface area contributed by atoms with Crippen LogP contribution in [-0.4, -0.2) is 60.4 Å². The largest absolute Gasteiger partial charge is 0.331 e. The number of rotatable bonds is 6. The summed E-state index contributed by atoms with van der Waals surface area (Å²) in [6.07, 6.45) is 2.75. The van der Waals surface area contributed by atoms with Crippen LogP contribution in [0.25, 0.3) is 0 Å². The van der Waals surface area contributed by atoms with Gasteiger partial charge in [-0.05, 0) is 35.4 Å². The Morgan fingerprint density at radius 2 is 1.93 bits per heavy atom. The third-order valence-electron chi connectivity index (χ3n) is 5.16. The number of carbonyl (C=O) groups excluding carboxylic acids is 2. The van der Waals surface area contributed by atoms with Crippen molar-refractivity contribution in [3.05, 3.63) is 57.8 Å². The summed E-state index contributed by atoms with van der Waals surface area (Å²) in [6, 6.07) is 12.1. The third-order valence-corrected chi connectivity index (χ3v) is 6.16. The Kier molecular flexibility index (Phi) is 6.73. The molecule has 2 aromatic rings. The van der Waals surface area contributed by atoms with Gasteiger partial charge in [0.2, 0.25) is 5.91 Å². The SMILES string of the molecule is CCCCN(CC(=O)N1CCc2sccc2C1c1ccccc1)C(=O)N(C)C. The van der Waals surface area contributed by atoms with E-state index in [2.05, 4.69) is 30.5 Å². The molecule has 28 heavy (non-hydrogen) atoms. The number of unbranched alkanes of at least 4 members (excludes halogenated alkanes) is 1. The van der Waals surface area contributed by atoms with E-state index in [1.54, 1.807) is 35.2 Å². The molecule has 1 unspecified atom stereocenters. The van der Waals surface area contributed by atoms with Crippen molar-refractivity contribution in [1.29, 1.82) is 0 Å². The van der Waals surface area contributed by atoms with Crippen molar-refractivity contribution >= 4 is 23.3 Å². The highest BCUT2D eigenvalue weighted by molar-refractivity contribution is 7.10. The molecule has 0 N–H and O–H groups in total. The maximum absolute atomic E-state index is 13.3. The van der Waals surface area contributed by atoms with Crippen LogP contribution in [0.1, 0.15) is 41.8 Å². The van der Waals surface area contributed by atoms with Crippen LogP contribution in [0.15, 0.2) is 41.8 Å². The number of benzene rings is 1. The number of nitrogens with zero attached hydrogens (tertiary/aromatic N) is 3. The van der Waals surface area contributed by atoms with Crippen LogP contribution in [0.4, 0.5) is 4.79 Å². The van der Waals surface area contributed by atoms with E-state index in [0.717, 1.165) is 24.8 Å². The van der Waals surface area contributed by atoms with E-state index in [9.17, 15) is 9.59 Å². The summed E-state index contributed by atoms with van der Waals surface area (Å²) >= 11 is 1.76. The van der Waals surface area contributed by atoms with E-state index < -0.39 is 0 Å². The molecule has 1 atom stereocenters. The number of hydrogen-bond donors (Lipinski definition) is 0. The van der Waals surface area contributed by atoms with Gasteiger partial charge in [-0.3, -0.25) is 4.79 Å². The van der Waals surface area contributed by atoms with Crippen LogP contribution in [0.2, 0.25) is 0 Å². The van der Waals surface area contributed by atoms with Gasteiger partial charge in [0.15, 0.2) is 0 Å². The summed E-state index contributed by atoms with van der Waals surface area (Å²) in [5.41, 5.74) is 2.34. The predicted octanol–water partition coefficient (Wildman–Crippen LogP) is 4.01. The lowest BCUT2D eigenvalue weighted by Crippen LogP contribution is -2.49. The van der Waals surface area contributed by atoms with Crippen molar-refractivity contribution in [1.82, 2.24) is 14.7 Å². The van der Waals surface area contributed by atoms with Crippen LogP contribution < -0.4 is 0 Å². The number of thiophene rings is 1. The maximum atomic E-state index is 13.3. The van der Waals surface area contributed by atoms with E-state index in [0.29, 0.717) is 13.1 Å². The standard InChI is InChI=1S/C22H29N3O2S/c1-4-5-13-24(22(27)23(2)3)16-20(26)25-14-11-19-18(12-15-28-19)21(25)17-9-7-6-8-10-17/h6-10,12,15,21H,4-5,11,13-14,16H2,1-3H3. The first-order valence-corrected chi connectivity index (χ1v) is 10.8. The van der Waals surface area contributed by atoms with Gasteiger partial charge in [0.25, 0.3) is 0 Å². The second-order valence-electron chi connectivity index (χ2n) is 7.40. The molecule has 150 valence electrons. The van der Waals surface area contributed by atoms with Gasteiger partial charge in [-0.2, -0.15) is 0 Å². The molecule has 0 spiro atoms. The zero-order valence-corrected chi connectivity index (χ0v) is 17.7. The van der Waals surface area contributed by atoms with Crippen LogP contribution in [0, 0.1) is 0 Å². The van der Waals surface area contributed by atoms with Crippen LogP contribution >= 0.6 is 11.3 Å². The zero-order valence-electron chi connectivity index (χ0n) is 16.9. The van der Waals surface area contributed by atoms with Crippen molar-refractivity contribution < 1.29 is 9.59 Å². The smallest absolute Gasteiger partial charge is 0.319 e. The molecule has 0 fully saturated rings. The molecule has 0 bridgehead atoms. The molecule has 0 saturated heterocycles. The topological polar surface area (TPSA) is 43.9 Å². The first-order valence-electron chi connectivity index (χ1n) is 9.89. The summed E-state index contributed by atoms with van der Waals surface area (Å²) in [6.45, 7) is 3.50. The fourth-order valence-corrected chi connectivity index (χ4v) is 4.61. The Hall–Kier alpha value is -2.34. The molecule has 0 saturated carbocycles. The Bertz CT molecular complexity index is 803. The highest BCUT2D eigenvalue weighted by Gasteiger charge is 2.33. The predicted molar refractivity (Wildman–Crippen MR) is 114 cm³/mol. The van der Waals surface area contributed by atoms with Crippen molar-refractivity contribution in [2.24, 2.45) is 0 Å².